The second-order valence-electron chi connectivity index (χ2n) is 6.97. The maximum atomic E-state index is 12.5. The number of hydrogen-bond donors (Lipinski definition) is 0. The Labute approximate surface area is 163 Å². The molecule has 7 nitrogen and oxygen atoms in total. The SMILES string of the molecule is COc1ccc(OC)c(-c2nnc(SCC(=O)N3C[C@H](C)C[C@@H](C)C3)o2)c1. The number of thioether (sulfide) groups is 1. The number of benzene rings is 1. The summed E-state index contributed by atoms with van der Waals surface area (Å²) < 4.78 is 16.3. The molecule has 0 aliphatic carbocycles. The summed E-state index contributed by atoms with van der Waals surface area (Å²) >= 11 is 1.26. The largest absolute Gasteiger partial charge is 0.497 e. The van der Waals surface area contributed by atoms with Gasteiger partial charge in [0.05, 0.1) is 25.5 Å². The first-order valence-electron chi connectivity index (χ1n) is 8.96. The summed E-state index contributed by atoms with van der Waals surface area (Å²) in [7, 11) is 3.17. The van der Waals surface area contributed by atoms with E-state index in [-0.39, 0.29) is 11.7 Å². The minimum atomic E-state index is 0.108. The van der Waals surface area contributed by atoms with Crippen molar-refractivity contribution in [3.8, 4) is 23.0 Å². The average Bonchev–Trinajstić information content (AvgIpc) is 3.13. The number of piperidine rings is 1. The minimum Gasteiger partial charge on any atom is -0.497 e. The molecule has 1 aliphatic rings. The van der Waals surface area contributed by atoms with Gasteiger partial charge in [-0.2, -0.15) is 0 Å². The van der Waals surface area contributed by atoms with Gasteiger partial charge < -0.3 is 18.8 Å². The molecule has 0 bridgehead atoms. The van der Waals surface area contributed by atoms with E-state index in [4.69, 9.17) is 13.9 Å². The second-order valence-corrected chi connectivity index (χ2v) is 7.90. The number of rotatable bonds is 6. The molecule has 1 aromatic carbocycles. The summed E-state index contributed by atoms with van der Waals surface area (Å²) in [6.07, 6.45) is 1.17. The van der Waals surface area contributed by atoms with Crippen molar-refractivity contribution in [3.63, 3.8) is 0 Å². The second kappa shape index (κ2) is 8.65. The minimum absolute atomic E-state index is 0.108. The number of aromatic nitrogens is 2. The summed E-state index contributed by atoms with van der Waals surface area (Å²) in [5, 5.41) is 8.50. The van der Waals surface area contributed by atoms with Gasteiger partial charge in [0.2, 0.25) is 5.91 Å². The van der Waals surface area contributed by atoms with Crippen molar-refractivity contribution < 1.29 is 18.7 Å². The third kappa shape index (κ3) is 4.74. The Kier molecular flexibility index (Phi) is 6.26. The molecule has 27 heavy (non-hydrogen) atoms. The summed E-state index contributed by atoms with van der Waals surface area (Å²) in [6, 6.07) is 5.36. The summed E-state index contributed by atoms with van der Waals surface area (Å²) in [5.74, 6) is 3.09. The lowest BCUT2D eigenvalue weighted by molar-refractivity contribution is -0.130. The van der Waals surface area contributed by atoms with Crippen LogP contribution in [0.3, 0.4) is 0 Å². The highest BCUT2D eigenvalue weighted by Crippen LogP contribution is 2.34. The van der Waals surface area contributed by atoms with Crippen molar-refractivity contribution in [3.05, 3.63) is 18.2 Å². The van der Waals surface area contributed by atoms with Crippen LogP contribution in [0.25, 0.3) is 11.5 Å². The Morgan fingerprint density at radius 2 is 1.96 bits per heavy atom. The number of ether oxygens (including phenoxy) is 2. The zero-order valence-electron chi connectivity index (χ0n) is 16.1. The summed E-state index contributed by atoms with van der Waals surface area (Å²) in [5.41, 5.74) is 0.654. The van der Waals surface area contributed by atoms with Gasteiger partial charge in [-0.25, -0.2) is 0 Å². The lowest BCUT2D eigenvalue weighted by atomic mass is 9.92. The maximum Gasteiger partial charge on any atom is 0.277 e. The van der Waals surface area contributed by atoms with E-state index in [0.717, 1.165) is 13.1 Å². The van der Waals surface area contributed by atoms with Crippen LogP contribution in [0.15, 0.2) is 27.8 Å². The van der Waals surface area contributed by atoms with E-state index >= 15 is 0 Å². The van der Waals surface area contributed by atoms with Gasteiger partial charge in [-0.05, 0) is 36.5 Å². The van der Waals surface area contributed by atoms with Crippen LogP contribution in [-0.2, 0) is 4.79 Å². The number of nitrogens with zero attached hydrogens (tertiary/aromatic N) is 3. The van der Waals surface area contributed by atoms with Gasteiger partial charge in [-0.15, -0.1) is 10.2 Å². The Hall–Kier alpha value is -2.22. The standard InChI is InChI=1S/C19H25N3O4S/c1-12-7-13(2)10-22(9-12)17(23)11-27-19-21-20-18(26-19)15-8-14(24-3)5-6-16(15)25-4/h5-6,8,12-13H,7,9-11H2,1-4H3/t12-,13-/m1/s1. The van der Waals surface area contributed by atoms with Gasteiger partial charge in [-0.1, -0.05) is 25.6 Å². The Morgan fingerprint density at radius 3 is 2.63 bits per heavy atom. The molecule has 146 valence electrons. The fourth-order valence-corrected chi connectivity index (χ4v) is 4.11. The molecule has 1 saturated heterocycles. The molecule has 1 aliphatic heterocycles. The first-order valence-corrected chi connectivity index (χ1v) is 9.95. The highest BCUT2D eigenvalue weighted by molar-refractivity contribution is 7.99. The number of carbonyl (C=O) groups is 1. The van der Waals surface area contributed by atoms with Gasteiger partial charge in [0.25, 0.3) is 11.1 Å². The molecule has 0 spiro atoms. The zero-order chi connectivity index (χ0) is 19.4. The molecular weight excluding hydrogens is 366 g/mol. The van der Waals surface area contributed by atoms with Gasteiger partial charge in [0, 0.05) is 13.1 Å². The van der Waals surface area contributed by atoms with Crippen molar-refractivity contribution in [2.75, 3.05) is 33.1 Å². The Bertz CT molecular complexity index is 785. The lowest BCUT2D eigenvalue weighted by Crippen LogP contribution is -2.43. The van der Waals surface area contributed by atoms with E-state index in [1.165, 1.54) is 18.2 Å². The molecule has 2 aromatic rings. The molecule has 0 unspecified atom stereocenters. The van der Waals surface area contributed by atoms with Crippen LogP contribution < -0.4 is 9.47 Å². The first-order chi connectivity index (χ1) is 13.0. The van der Waals surface area contributed by atoms with E-state index in [2.05, 4.69) is 24.0 Å². The van der Waals surface area contributed by atoms with E-state index in [1.807, 2.05) is 4.90 Å². The van der Waals surface area contributed by atoms with E-state index in [9.17, 15) is 4.79 Å². The molecule has 1 amide bonds. The number of amides is 1. The molecular formula is C19H25N3O4S. The molecule has 0 saturated carbocycles. The molecule has 3 rings (SSSR count). The van der Waals surface area contributed by atoms with Gasteiger partial charge in [-0.3, -0.25) is 4.79 Å². The van der Waals surface area contributed by atoms with Crippen molar-refractivity contribution >= 4 is 17.7 Å². The third-order valence-electron chi connectivity index (χ3n) is 4.58. The van der Waals surface area contributed by atoms with E-state index in [0.29, 0.717) is 40.0 Å². The summed E-state index contributed by atoms with van der Waals surface area (Å²) in [4.78, 5) is 14.4. The molecule has 0 radical (unpaired) electrons. The van der Waals surface area contributed by atoms with Gasteiger partial charge in [0.1, 0.15) is 11.5 Å². The molecule has 1 aromatic heterocycles. The quantitative estimate of drug-likeness (QED) is 0.699. The molecule has 0 N–H and O–H groups in total. The van der Waals surface area contributed by atoms with Crippen LogP contribution in [0.2, 0.25) is 0 Å². The van der Waals surface area contributed by atoms with Crippen LogP contribution in [0.5, 0.6) is 11.5 Å². The van der Waals surface area contributed by atoms with Crippen LogP contribution in [-0.4, -0.2) is 54.1 Å². The fourth-order valence-electron chi connectivity index (χ4n) is 3.44. The molecule has 1 fully saturated rings. The predicted octanol–water partition coefficient (Wildman–Crippen LogP) is 3.35. The van der Waals surface area contributed by atoms with Gasteiger partial charge >= 0.3 is 0 Å². The van der Waals surface area contributed by atoms with Crippen molar-refractivity contribution in [1.29, 1.82) is 0 Å². The van der Waals surface area contributed by atoms with E-state index in [1.54, 1.807) is 32.4 Å². The molecule has 8 heteroatoms. The molecule has 2 atom stereocenters. The Balaban J connectivity index is 1.65. The molecule has 2 heterocycles. The third-order valence-corrected chi connectivity index (χ3v) is 5.39. The zero-order valence-corrected chi connectivity index (χ0v) is 16.9. The highest BCUT2D eigenvalue weighted by Gasteiger charge is 2.25. The smallest absolute Gasteiger partial charge is 0.277 e. The summed E-state index contributed by atoms with van der Waals surface area (Å²) in [6.45, 7) is 6.02. The fraction of sp³-hybridized carbons (Fsp3) is 0.526. The first kappa shape index (κ1) is 19.5. The van der Waals surface area contributed by atoms with Gasteiger partial charge in [0.15, 0.2) is 0 Å². The van der Waals surface area contributed by atoms with Crippen LogP contribution in [0.1, 0.15) is 20.3 Å². The maximum absolute atomic E-state index is 12.5. The predicted molar refractivity (Wildman–Crippen MR) is 103 cm³/mol. The topological polar surface area (TPSA) is 77.7 Å². The van der Waals surface area contributed by atoms with Crippen molar-refractivity contribution in [2.24, 2.45) is 11.8 Å². The van der Waals surface area contributed by atoms with Crippen molar-refractivity contribution in [1.82, 2.24) is 15.1 Å². The van der Waals surface area contributed by atoms with Crippen LogP contribution in [0, 0.1) is 11.8 Å². The number of hydrogen-bond acceptors (Lipinski definition) is 7. The van der Waals surface area contributed by atoms with Crippen LogP contribution >= 0.6 is 11.8 Å². The highest BCUT2D eigenvalue weighted by atomic mass is 32.2. The van der Waals surface area contributed by atoms with Crippen molar-refractivity contribution in [2.45, 2.75) is 25.5 Å². The normalized spacial score (nSPS) is 19.8. The Morgan fingerprint density at radius 1 is 1.22 bits per heavy atom. The average molecular weight is 391 g/mol. The monoisotopic (exact) mass is 391 g/mol. The number of carbonyl (C=O) groups excluding carboxylic acids is 1. The number of likely N-dealkylation sites (tertiary alicyclic amines) is 1. The lowest BCUT2D eigenvalue weighted by Gasteiger charge is -2.34. The van der Waals surface area contributed by atoms with Crippen LogP contribution in [0.4, 0.5) is 0 Å². The number of methoxy groups -OCH3 is 2. The van der Waals surface area contributed by atoms with E-state index < -0.39 is 0 Å².